The molecule has 0 N–H and O–H groups in total. The van der Waals surface area contributed by atoms with Crippen LogP contribution < -0.4 is 4.74 Å². The summed E-state index contributed by atoms with van der Waals surface area (Å²) in [5, 5.41) is 0. The van der Waals surface area contributed by atoms with Crippen molar-refractivity contribution in [1.29, 1.82) is 0 Å². The van der Waals surface area contributed by atoms with Gasteiger partial charge in [-0.2, -0.15) is 0 Å². The molecule has 0 saturated carbocycles. The molecule has 0 aliphatic heterocycles. The van der Waals surface area contributed by atoms with Gasteiger partial charge >= 0.3 is 0 Å². The molecule has 0 fully saturated rings. The van der Waals surface area contributed by atoms with Gasteiger partial charge in [0.1, 0.15) is 5.75 Å². The number of benzene rings is 1. The van der Waals surface area contributed by atoms with Crippen molar-refractivity contribution in [2.75, 3.05) is 6.61 Å². The molecule has 20 heavy (non-hydrogen) atoms. The van der Waals surface area contributed by atoms with E-state index in [2.05, 4.69) is 13.8 Å². The molecular weight excluding hydrogens is 248 g/mol. The normalized spacial score (nSPS) is 12.2. The van der Waals surface area contributed by atoms with Gasteiger partial charge in [0, 0.05) is 12.0 Å². The fourth-order valence-electron chi connectivity index (χ4n) is 2.22. The Morgan fingerprint density at radius 1 is 1.10 bits per heavy atom. The van der Waals surface area contributed by atoms with Gasteiger partial charge < -0.3 is 4.74 Å². The van der Waals surface area contributed by atoms with Crippen LogP contribution >= 0.6 is 0 Å². The van der Waals surface area contributed by atoms with E-state index >= 15 is 0 Å². The van der Waals surface area contributed by atoms with E-state index in [1.165, 1.54) is 19.3 Å². The molecule has 2 nitrogen and oxygen atoms in total. The van der Waals surface area contributed by atoms with E-state index in [9.17, 15) is 4.79 Å². The predicted octanol–water partition coefficient (Wildman–Crippen LogP) is 5.26. The third kappa shape index (κ3) is 5.77. The van der Waals surface area contributed by atoms with Gasteiger partial charge in [-0.1, -0.05) is 40.0 Å². The fourth-order valence-corrected chi connectivity index (χ4v) is 2.22. The van der Waals surface area contributed by atoms with Crippen LogP contribution in [0.4, 0.5) is 0 Å². The van der Waals surface area contributed by atoms with Crippen LogP contribution in [-0.2, 0) is 0 Å². The minimum atomic E-state index is 0.216. The molecule has 0 radical (unpaired) electrons. The molecule has 0 amide bonds. The van der Waals surface area contributed by atoms with Gasteiger partial charge in [-0.05, 0) is 43.0 Å². The molecule has 0 aliphatic rings. The van der Waals surface area contributed by atoms with E-state index in [0.717, 1.165) is 30.8 Å². The number of unbranched alkanes of at least 4 members (excludes halogenated alkanes) is 1. The fraction of sp³-hybridized carbons (Fsp3) is 0.611. The van der Waals surface area contributed by atoms with Crippen molar-refractivity contribution < 1.29 is 9.53 Å². The summed E-state index contributed by atoms with van der Waals surface area (Å²) >= 11 is 0. The van der Waals surface area contributed by atoms with Crippen LogP contribution in [0, 0.1) is 5.92 Å². The molecule has 1 aromatic rings. The van der Waals surface area contributed by atoms with Gasteiger partial charge in [0.05, 0.1) is 6.61 Å². The Morgan fingerprint density at radius 2 is 1.80 bits per heavy atom. The van der Waals surface area contributed by atoms with Gasteiger partial charge in [0.2, 0.25) is 0 Å². The third-order valence-corrected chi connectivity index (χ3v) is 3.68. The second-order valence-electron chi connectivity index (χ2n) is 5.43. The molecule has 1 aromatic carbocycles. The Morgan fingerprint density at radius 3 is 2.35 bits per heavy atom. The van der Waals surface area contributed by atoms with Crippen LogP contribution in [0.5, 0.6) is 5.75 Å². The second-order valence-corrected chi connectivity index (χ2v) is 5.43. The van der Waals surface area contributed by atoms with Gasteiger partial charge in [-0.3, -0.25) is 4.79 Å². The summed E-state index contributed by atoms with van der Waals surface area (Å²) in [5.74, 6) is 1.72. The minimum Gasteiger partial charge on any atom is -0.493 e. The first-order chi connectivity index (χ1) is 9.71. The summed E-state index contributed by atoms with van der Waals surface area (Å²) in [6, 6.07) is 7.57. The Hall–Kier alpha value is -1.31. The van der Waals surface area contributed by atoms with Crippen molar-refractivity contribution in [3.63, 3.8) is 0 Å². The number of carbonyl (C=O) groups excluding carboxylic acids is 1. The highest BCUT2D eigenvalue weighted by molar-refractivity contribution is 5.96. The lowest BCUT2D eigenvalue weighted by molar-refractivity contribution is 0.0981. The van der Waals surface area contributed by atoms with Crippen molar-refractivity contribution in [2.45, 2.75) is 59.3 Å². The molecule has 0 aliphatic carbocycles. The predicted molar refractivity (Wildman–Crippen MR) is 84.5 cm³/mol. The maximum Gasteiger partial charge on any atom is 0.162 e. The molecule has 1 rings (SSSR count). The molecule has 0 spiro atoms. The van der Waals surface area contributed by atoms with Crippen LogP contribution in [-0.4, -0.2) is 12.4 Å². The molecule has 0 aromatic heterocycles. The Balaban J connectivity index is 2.46. The van der Waals surface area contributed by atoms with E-state index < -0.39 is 0 Å². The Bertz CT molecular complexity index is 381. The highest BCUT2D eigenvalue weighted by Crippen LogP contribution is 2.18. The number of ketones is 1. The van der Waals surface area contributed by atoms with E-state index in [1.807, 2.05) is 31.2 Å². The smallest absolute Gasteiger partial charge is 0.162 e. The summed E-state index contributed by atoms with van der Waals surface area (Å²) in [6.07, 6.45) is 6.42. The van der Waals surface area contributed by atoms with Crippen LogP contribution in [0.25, 0.3) is 0 Å². The number of Topliss-reactive ketones (excluding diaryl/α,β-unsaturated/α-hetero) is 1. The van der Waals surface area contributed by atoms with Crippen molar-refractivity contribution in [2.24, 2.45) is 5.92 Å². The molecular formula is C18H28O2. The van der Waals surface area contributed by atoms with Crippen LogP contribution in [0.2, 0.25) is 0 Å². The Kier molecular flexibility index (Phi) is 8.01. The molecule has 2 heteroatoms. The van der Waals surface area contributed by atoms with Crippen LogP contribution in [0.3, 0.4) is 0 Å². The average molecular weight is 276 g/mol. The van der Waals surface area contributed by atoms with E-state index in [4.69, 9.17) is 4.74 Å². The van der Waals surface area contributed by atoms with Gasteiger partial charge in [0.15, 0.2) is 5.78 Å². The number of rotatable bonds is 10. The molecule has 0 saturated heterocycles. The van der Waals surface area contributed by atoms with E-state index in [1.54, 1.807) is 0 Å². The summed E-state index contributed by atoms with van der Waals surface area (Å²) < 4.78 is 5.84. The first-order valence-electron chi connectivity index (χ1n) is 7.97. The van der Waals surface area contributed by atoms with Crippen molar-refractivity contribution in [3.05, 3.63) is 29.8 Å². The highest BCUT2D eigenvalue weighted by atomic mass is 16.5. The van der Waals surface area contributed by atoms with Crippen molar-refractivity contribution >= 4 is 5.78 Å². The molecule has 0 bridgehead atoms. The minimum absolute atomic E-state index is 0.216. The zero-order valence-electron chi connectivity index (χ0n) is 13.2. The van der Waals surface area contributed by atoms with Gasteiger partial charge in [-0.25, -0.2) is 0 Å². The van der Waals surface area contributed by atoms with E-state index in [0.29, 0.717) is 12.3 Å². The summed E-state index contributed by atoms with van der Waals surface area (Å²) in [6.45, 7) is 7.24. The van der Waals surface area contributed by atoms with Crippen molar-refractivity contribution in [1.82, 2.24) is 0 Å². The number of ether oxygens (including phenoxy) is 1. The summed E-state index contributed by atoms with van der Waals surface area (Å²) in [5.41, 5.74) is 0.789. The quantitative estimate of drug-likeness (QED) is 0.544. The van der Waals surface area contributed by atoms with E-state index in [-0.39, 0.29) is 5.78 Å². The first-order valence-corrected chi connectivity index (χ1v) is 7.97. The highest BCUT2D eigenvalue weighted by Gasteiger charge is 2.08. The monoisotopic (exact) mass is 276 g/mol. The van der Waals surface area contributed by atoms with Crippen molar-refractivity contribution in [3.8, 4) is 5.75 Å². The first kappa shape index (κ1) is 16.7. The number of carbonyl (C=O) groups is 1. The topological polar surface area (TPSA) is 26.3 Å². The zero-order valence-corrected chi connectivity index (χ0v) is 13.2. The van der Waals surface area contributed by atoms with Crippen LogP contribution in [0.1, 0.15) is 69.7 Å². The molecule has 1 atom stereocenters. The van der Waals surface area contributed by atoms with Crippen LogP contribution in [0.15, 0.2) is 24.3 Å². The largest absolute Gasteiger partial charge is 0.493 e. The molecule has 112 valence electrons. The zero-order chi connectivity index (χ0) is 14.8. The standard InChI is InChI=1S/C18H28O2/c1-4-7-9-15(6-3)14-20-17-12-10-16(11-13-17)18(19)8-5-2/h10-13,15H,4-9,14H2,1-3H3. The average Bonchev–Trinajstić information content (AvgIpc) is 2.48. The van der Waals surface area contributed by atoms with Gasteiger partial charge in [-0.15, -0.1) is 0 Å². The summed E-state index contributed by atoms with van der Waals surface area (Å²) in [7, 11) is 0. The Labute approximate surface area is 123 Å². The lowest BCUT2D eigenvalue weighted by Gasteiger charge is -2.15. The maximum atomic E-state index is 11.7. The molecule has 0 heterocycles. The maximum absolute atomic E-state index is 11.7. The second kappa shape index (κ2) is 9.57. The number of hydrogen-bond acceptors (Lipinski definition) is 2. The lowest BCUT2D eigenvalue weighted by atomic mass is 10.0. The number of hydrogen-bond donors (Lipinski definition) is 0. The lowest BCUT2D eigenvalue weighted by Crippen LogP contribution is -2.11. The molecule has 1 unspecified atom stereocenters. The summed E-state index contributed by atoms with van der Waals surface area (Å²) in [4.78, 5) is 11.7. The SMILES string of the molecule is CCCCC(CC)COc1ccc(C(=O)CCC)cc1. The third-order valence-electron chi connectivity index (χ3n) is 3.68. The van der Waals surface area contributed by atoms with Gasteiger partial charge in [0.25, 0.3) is 0 Å².